The highest BCUT2D eigenvalue weighted by atomic mass is 19.1. The monoisotopic (exact) mass is 343 g/mol. The third kappa shape index (κ3) is 3.07. The smallest absolute Gasteiger partial charge is 0.295 e. The number of halogens is 1. The number of rotatable bonds is 3. The number of piperidine rings is 1. The second-order valence-electron chi connectivity index (χ2n) is 6.23. The molecule has 130 valence electrons. The highest BCUT2D eigenvalue weighted by molar-refractivity contribution is 5.74. The largest absolute Gasteiger partial charge is 0.424 e. The van der Waals surface area contributed by atoms with Crippen LogP contribution in [0.2, 0.25) is 0 Å². The van der Waals surface area contributed by atoms with Crippen LogP contribution < -0.4 is 15.8 Å². The van der Waals surface area contributed by atoms with Gasteiger partial charge in [0.1, 0.15) is 11.3 Å². The fraction of sp³-hybridized carbons (Fsp3) is 0.353. The van der Waals surface area contributed by atoms with Gasteiger partial charge < -0.3 is 19.2 Å². The van der Waals surface area contributed by atoms with E-state index < -0.39 is 0 Å². The molecule has 8 heteroatoms. The van der Waals surface area contributed by atoms with Gasteiger partial charge in [0.2, 0.25) is 0 Å². The Hall–Kier alpha value is -2.90. The maximum Gasteiger partial charge on any atom is 0.295 e. The molecule has 1 aromatic carbocycles. The number of anilines is 2. The van der Waals surface area contributed by atoms with Crippen molar-refractivity contribution in [2.75, 3.05) is 23.3 Å². The number of hydrogen-bond donors (Lipinski definition) is 1. The van der Waals surface area contributed by atoms with Gasteiger partial charge >= 0.3 is 0 Å². The second kappa shape index (κ2) is 6.19. The van der Waals surface area contributed by atoms with Gasteiger partial charge in [0.25, 0.3) is 11.6 Å². The summed E-state index contributed by atoms with van der Waals surface area (Å²) in [6.45, 7) is 1.41. The van der Waals surface area contributed by atoms with E-state index in [0.29, 0.717) is 29.5 Å². The number of aryl methyl sites for hydroxylation is 1. The lowest BCUT2D eigenvalue weighted by Crippen LogP contribution is -2.45. The lowest BCUT2D eigenvalue weighted by Gasteiger charge is -2.33. The molecule has 0 amide bonds. The van der Waals surface area contributed by atoms with Crippen molar-refractivity contribution in [1.82, 2.24) is 14.5 Å². The van der Waals surface area contributed by atoms with Crippen molar-refractivity contribution in [1.29, 1.82) is 0 Å². The second-order valence-corrected chi connectivity index (χ2v) is 6.23. The molecule has 7 nitrogen and oxygen atoms in total. The van der Waals surface area contributed by atoms with Crippen LogP contribution in [0, 0.1) is 5.82 Å². The fourth-order valence-electron chi connectivity index (χ4n) is 3.13. The minimum Gasteiger partial charge on any atom is -0.424 e. The van der Waals surface area contributed by atoms with E-state index in [9.17, 15) is 9.18 Å². The Morgan fingerprint density at radius 3 is 3.16 bits per heavy atom. The summed E-state index contributed by atoms with van der Waals surface area (Å²) < 4.78 is 20.4. The Morgan fingerprint density at radius 1 is 1.40 bits per heavy atom. The van der Waals surface area contributed by atoms with Crippen molar-refractivity contribution in [2.45, 2.75) is 18.9 Å². The summed E-state index contributed by atoms with van der Waals surface area (Å²) in [4.78, 5) is 22.7. The first-order valence-corrected chi connectivity index (χ1v) is 8.19. The lowest BCUT2D eigenvalue weighted by molar-refractivity contribution is 0.504. The van der Waals surface area contributed by atoms with Crippen molar-refractivity contribution in [2.24, 2.45) is 7.05 Å². The Morgan fingerprint density at radius 2 is 2.28 bits per heavy atom. The number of benzene rings is 1. The number of oxazole rings is 1. The van der Waals surface area contributed by atoms with Crippen LogP contribution >= 0.6 is 0 Å². The minimum absolute atomic E-state index is 0.0679. The van der Waals surface area contributed by atoms with Crippen molar-refractivity contribution < 1.29 is 8.81 Å². The molecule has 1 N–H and O–H groups in total. The van der Waals surface area contributed by atoms with Crippen LogP contribution in [0.15, 0.2) is 39.8 Å². The van der Waals surface area contributed by atoms with Gasteiger partial charge in [-0.05, 0) is 25.0 Å². The predicted octanol–water partition coefficient (Wildman–Crippen LogP) is 2.14. The van der Waals surface area contributed by atoms with Gasteiger partial charge in [0, 0.05) is 44.6 Å². The molecule has 25 heavy (non-hydrogen) atoms. The zero-order chi connectivity index (χ0) is 17.4. The average Bonchev–Trinajstić information content (AvgIpc) is 2.99. The molecule has 1 aliphatic rings. The number of aromatic nitrogens is 3. The van der Waals surface area contributed by atoms with Gasteiger partial charge in [-0.2, -0.15) is 4.98 Å². The summed E-state index contributed by atoms with van der Waals surface area (Å²) in [6, 6.07) is 4.68. The SMILES string of the molecule is Cn1ccnc(N2CCC[C@@H](Nc3nc4cc(F)ccc4o3)C2)c1=O. The highest BCUT2D eigenvalue weighted by Gasteiger charge is 2.24. The number of fused-ring (bicyclic) bond motifs is 1. The van der Waals surface area contributed by atoms with E-state index in [-0.39, 0.29) is 17.4 Å². The Labute approximate surface area is 143 Å². The number of nitrogens with one attached hydrogen (secondary N) is 1. The van der Waals surface area contributed by atoms with Crippen LogP contribution in [0.4, 0.5) is 16.2 Å². The van der Waals surface area contributed by atoms with Gasteiger partial charge in [0.15, 0.2) is 11.4 Å². The predicted molar refractivity (Wildman–Crippen MR) is 92.3 cm³/mol. The number of nitrogens with zero attached hydrogens (tertiary/aromatic N) is 4. The van der Waals surface area contributed by atoms with Crippen LogP contribution in [-0.4, -0.2) is 33.7 Å². The van der Waals surface area contributed by atoms with Crippen molar-refractivity contribution in [3.8, 4) is 0 Å². The summed E-state index contributed by atoms with van der Waals surface area (Å²) >= 11 is 0. The van der Waals surface area contributed by atoms with E-state index in [2.05, 4.69) is 15.3 Å². The summed E-state index contributed by atoms with van der Waals surface area (Å²) in [5.41, 5.74) is 0.907. The van der Waals surface area contributed by atoms with Crippen LogP contribution in [0.1, 0.15) is 12.8 Å². The molecule has 2 aromatic heterocycles. The molecule has 1 saturated heterocycles. The molecule has 1 atom stereocenters. The molecule has 3 aromatic rings. The molecular formula is C17H18FN5O2. The molecule has 0 saturated carbocycles. The maximum atomic E-state index is 13.3. The molecule has 0 unspecified atom stereocenters. The molecule has 4 rings (SSSR count). The highest BCUT2D eigenvalue weighted by Crippen LogP contribution is 2.22. The van der Waals surface area contributed by atoms with Gasteiger partial charge in [-0.3, -0.25) is 4.79 Å². The first-order chi connectivity index (χ1) is 12.1. The Balaban J connectivity index is 1.52. The van der Waals surface area contributed by atoms with Gasteiger partial charge in [-0.1, -0.05) is 0 Å². The first kappa shape index (κ1) is 15.6. The van der Waals surface area contributed by atoms with E-state index in [1.165, 1.54) is 16.7 Å². The van der Waals surface area contributed by atoms with E-state index >= 15 is 0 Å². The Bertz CT molecular complexity index is 967. The van der Waals surface area contributed by atoms with Gasteiger partial charge in [-0.25, -0.2) is 9.37 Å². The fourth-order valence-corrected chi connectivity index (χ4v) is 3.13. The molecule has 0 aliphatic carbocycles. The topological polar surface area (TPSA) is 76.2 Å². The minimum atomic E-state index is -0.345. The molecule has 1 aliphatic heterocycles. The molecule has 0 bridgehead atoms. The van der Waals surface area contributed by atoms with E-state index in [0.717, 1.165) is 19.4 Å². The summed E-state index contributed by atoms with van der Waals surface area (Å²) in [5.74, 6) is 0.110. The van der Waals surface area contributed by atoms with E-state index in [1.54, 1.807) is 25.5 Å². The Kier molecular flexibility index (Phi) is 3.87. The maximum absolute atomic E-state index is 13.3. The molecule has 1 fully saturated rings. The summed E-state index contributed by atoms with van der Waals surface area (Å²) in [7, 11) is 1.71. The zero-order valence-corrected chi connectivity index (χ0v) is 13.8. The van der Waals surface area contributed by atoms with Crippen LogP contribution in [-0.2, 0) is 7.05 Å². The third-order valence-corrected chi connectivity index (χ3v) is 4.40. The molecule has 0 radical (unpaired) electrons. The summed E-state index contributed by atoms with van der Waals surface area (Å²) in [5, 5.41) is 3.25. The molecule has 0 spiro atoms. The van der Waals surface area contributed by atoms with E-state index in [1.807, 2.05) is 4.90 Å². The first-order valence-electron chi connectivity index (χ1n) is 8.19. The third-order valence-electron chi connectivity index (χ3n) is 4.40. The average molecular weight is 343 g/mol. The zero-order valence-electron chi connectivity index (χ0n) is 13.8. The van der Waals surface area contributed by atoms with Crippen molar-refractivity contribution >= 4 is 22.9 Å². The van der Waals surface area contributed by atoms with Crippen molar-refractivity contribution in [3.63, 3.8) is 0 Å². The van der Waals surface area contributed by atoms with E-state index in [4.69, 9.17) is 4.42 Å². The lowest BCUT2D eigenvalue weighted by atomic mass is 10.1. The van der Waals surface area contributed by atoms with Crippen LogP contribution in [0.5, 0.6) is 0 Å². The van der Waals surface area contributed by atoms with Crippen LogP contribution in [0.25, 0.3) is 11.1 Å². The van der Waals surface area contributed by atoms with Crippen molar-refractivity contribution in [3.05, 3.63) is 46.8 Å². The summed E-state index contributed by atoms with van der Waals surface area (Å²) in [6.07, 6.45) is 5.12. The number of hydrogen-bond acceptors (Lipinski definition) is 6. The van der Waals surface area contributed by atoms with Crippen LogP contribution in [0.3, 0.4) is 0 Å². The quantitative estimate of drug-likeness (QED) is 0.785. The standard InChI is InChI=1S/C17H18FN5O2/c1-22-8-6-19-15(16(22)24)23-7-2-3-12(10-23)20-17-21-13-9-11(18)4-5-14(13)25-17/h4-6,8-9,12H,2-3,7,10H2,1H3,(H,20,21)/t12-/m1/s1. The molecule has 3 heterocycles. The molecular weight excluding hydrogens is 325 g/mol. The van der Waals surface area contributed by atoms with Gasteiger partial charge in [0.05, 0.1) is 0 Å². The van der Waals surface area contributed by atoms with Gasteiger partial charge in [-0.15, -0.1) is 0 Å². The normalized spacial score (nSPS) is 17.8.